The third-order valence-corrected chi connectivity index (χ3v) is 2.36. The van der Waals surface area contributed by atoms with Gasteiger partial charge in [0.05, 0.1) is 16.8 Å². The Kier molecular flexibility index (Phi) is 2.89. The summed E-state index contributed by atoms with van der Waals surface area (Å²) < 4.78 is 21.6. The standard InChI is InChI=1S/C7H8N2O5S/c1-15(13,14)4-7(10)6-2-5(3-8-6)9(11)12/h2-3,8H,4H2,1H3. The lowest BCUT2D eigenvalue weighted by Gasteiger charge is -1.94. The van der Waals surface area contributed by atoms with Crippen molar-refractivity contribution in [2.45, 2.75) is 0 Å². The fourth-order valence-corrected chi connectivity index (χ4v) is 1.60. The van der Waals surface area contributed by atoms with Gasteiger partial charge in [-0.15, -0.1) is 0 Å². The Bertz CT molecular complexity index is 501. The second-order valence-electron chi connectivity index (χ2n) is 3.02. The molecule has 0 saturated carbocycles. The molecule has 0 atom stereocenters. The molecule has 15 heavy (non-hydrogen) atoms. The zero-order valence-corrected chi connectivity index (χ0v) is 8.58. The Labute approximate surface area is 85.2 Å². The van der Waals surface area contributed by atoms with Gasteiger partial charge in [0.2, 0.25) is 0 Å². The van der Waals surface area contributed by atoms with Crippen LogP contribution in [0.15, 0.2) is 12.3 Å². The van der Waals surface area contributed by atoms with Crippen LogP contribution in [0.25, 0.3) is 0 Å². The van der Waals surface area contributed by atoms with Gasteiger partial charge in [-0.25, -0.2) is 8.42 Å². The summed E-state index contributed by atoms with van der Waals surface area (Å²) in [6, 6.07) is 1.01. The van der Waals surface area contributed by atoms with Gasteiger partial charge in [0.25, 0.3) is 5.69 Å². The number of H-pyrrole nitrogens is 1. The molecule has 0 aromatic carbocycles. The lowest BCUT2D eigenvalue weighted by Crippen LogP contribution is -2.14. The number of carbonyl (C=O) groups excluding carboxylic acids is 1. The van der Waals surface area contributed by atoms with Crippen molar-refractivity contribution in [2.75, 3.05) is 12.0 Å². The Morgan fingerprint density at radius 3 is 2.60 bits per heavy atom. The molecule has 1 heterocycles. The van der Waals surface area contributed by atoms with Crippen molar-refractivity contribution in [1.82, 2.24) is 4.98 Å². The molecule has 0 aliphatic carbocycles. The van der Waals surface area contributed by atoms with Crippen LogP contribution < -0.4 is 0 Å². The van der Waals surface area contributed by atoms with Crippen molar-refractivity contribution in [2.24, 2.45) is 0 Å². The normalized spacial score (nSPS) is 11.3. The summed E-state index contributed by atoms with van der Waals surface area (Å²) in [7, 11) is -3.42. The molecule has 8 heteroatoms. The van der Waals surface area contributed by atoms with Crippen LogP contribution in [-0.4, -0.2) is 36.1 Å². The second-order valence-corrected chi connectivity index (χ2v) is 5.16. The van der Waals surface area contributed by atoms with E-state index in [1.165, 1.54) is 0 Å². The molecule has 1 N–H and O–H groups in total. The highest BCUT2D eigenvalue weighted by Crippen LogP contribution is 2.12. The quantitative estimate of drug-likeness (QED) is 0.451. The van der Waals surface area contributed by atoms with Gasteiger partial charge in [-0.2, -0.15) is 0 Å². The molecule has 0 radical (unpaired) electrons. The number of nitrogens with zero attached hydrogens (tertiary/aromatic N) is 1. The van der Waals surface area contributed by atoms with Crippen molar-refractivity contribution in [3.63, 3.8) is 0 Å². The number of nitrogens with one attached hydrogen (secondary N) is 1. The first-order valence-electron chi connectivity index (χ1n) is 3.83. The van der Waals surface area contributed by atoms with Crippen LogP contribution in [-0.2, 0) is 9.84 Å². The van der Waals surface area contributed by atoms with Crippen LogP contribution in [0.3, 0.4) is 0 Å². The number of Topliss-reactive ketones (excluding diaryl/α,β-unsaturated/α-hetero) is 1. The minimum absolute atomic E-state index is 0.0767. The summed E-state index contributed by atoms with van der Waals surface area (Å²) >= 11 is 0. The second kappa shape index (κ2) is 3.81. The van der Waals surface area contributed by atoms with Gasteiger partial charge in [-0.05, 0) is 0 Å². The fraction of sp³-hybridized carbons (Fsp3) is 0.286. The van der Waals surface area contributed by atoms with Crippen molar-refractivity contribution >= 4 is 21.3 Å². The molecule has 1 aromatic rings. The van der Waals surface area contributed by atoms with Gasteiger partial charge in [-0.1, -0.05) is 0 Å². The summed E-state index contributed by atoms with van der Waals surface area (Å²) in [5, 5.41) is 10.3. The monoisotopic (exact) mass is 232 g/mol. The average molecular weight is 232 g/mol. The number of ketones is 1. The number of hydrogen-bond donors (Lipinski definition) is 1. The van der Waals surface area contributed by atoms with Gasteiger partial charge in [-0.3, -0.25) is 14.9 Å². The van der Waals surface area contributed by atoms with Crippen molar-refractivity contribution in [3.8, 4) is 0 Å². The van der Waals surface area contributed by atoms with Crippen molar-refractivity contribution in [3.05, 3.63) is 28.1 Å². The third-order valence-electron chi connectivity index (χ3n) is 1.57. The maximum atomic E-state index is 11.3. The smallest absolute Gasteiger partial charge is 0.287 e. The molecule has 0 aliphatic heterocycles. The van der Waals surface area contributed by atoms with Crippen molar-refractivity contribution < 1.29 is 18.1 Å². The van der Waals surface area contributed by atoms with Gasteiger partial charge in [0.1, 0.15) is 5.75 Å². The zero-order chi connectivity index (χ0) is 11.6. The van der Waals surface area contributed by atoms with E-state index in [0.29, 0.717) is 0 Å². The van der Waals surface area contributed by atoms with E-state index in [4.69, 9.17) is 0 Å². The van der Waals surface area contributed by atoms with Crippen LogP contribution in [0.2, 0.25) is 0 Å². The van der Waals surface area contributed by atoms with E-state index >= 15 is 0 Å². The van der Waals surface area contributed by atoms with Gasteiger partial charge < -0.3 is 4.98 Å². The zero-order valence-electron chi connectivity index (χ0n) is 7.76. The highest BCUT2D eigenvalue weighted by Gasteiger charge is 2.17. The van der Waals surface area contributed by atoms with E-state index in [-0.39, 0.29) is 11.4 Å². The van der Waals surface area contributed by atoms with Crippen LogP contribution in [0, 0.1) is 10.1 Å². The molecular weight excluding hydrogens is 224 g/mol. The van der Waals surface area contributed by atoms with E-state index in [0.717, 1.165) is 18.5 Å². The predicted molar refractivity (Wildman–Crippen MR) is 51.5 cm³/mol. The van der Waals surface area contributed by atoms with E-state index < -0.39 is 26.3 Å². The first-order valence-corrected chi connectivity index (χ1v) is 5.89. The Morgan fingerprint density at radius 1 is 1.60 bits per heavy atom. The van der Waals surface area contributed by atoms with Crippen LogP contribution in [0.5, 0.6) is 0 Å². The molecular formula is C7H8N2O5S. The molecule has 82 valence electrons. The van der Waals surface area contributed by atoms with Gasteiger partial charge in [0.15, 0.2) is 15.6 Å². The molecule has 7 nitrogen and oxygen atoms in total. The summed E-state index contributed by atoms with van der Waals surface area (Å²) in [6.07, 6.45) is 1.96. The topological polar surface area (TPSA) is 110 Å². The SMILES string of the molecule is CS(=O)(=O)CC(=O)c1cc([N+](=O)[O-])c[nH]1. The van der Waals surface area contributed by atoms with Gasteiger partial charge in [0, 0.05) is 12.3 Å². The number of aromatic amines is 1. The maximum Gasteiger partial charge on any atom is 0.287 e. The van der Waals surface area contributed by atoms with E-state index in [1.807, 2.05) is 0 Å². The summed E-state index contributed by atoms with van der Waals surface area (Å²) in [6.45, 7) is 0. The van der Waals surface area contributed by atoms with Crippen molar-refractivity contribution in [1.29, 1.82) is 0 Å². The van der Waals surface area contributed by atoms with Crippen LogP contribution >= 0.6 is 0 Å². The van der Waals surface area contributed by atoms with Gasteiger partial charge >= 0.3 is 0 Å². The molecule has 0 fully saturated rings. The molecule has 1 aromatic heterocycles. The number of aromatic nitrogens is 1. The highest BCUT2D eigenvalue weighted by molar-refractivity contribution is 7.91. The summed E-state index contributed by atoms with van der Waals surface area (Å²) in [5.41, 5.74) is -0.348. The number of hydrogen-bond acceptors (Lipinski definition) is 5. The average Bonchev–Trinajstić information content (AvgIpc) is 2.47. The third kappa shape index (κ3) is 3.17. The number of carbonyl (C=O) groups is 1. The highest BCUT2D eigenvalue weighted by atomic mass is 32.2. The Morgan fingerprint density at radius 2 is 2.20 bits per heavy atom. The lowest BCUT2D eigenvalue weighted by atomic mass is 10.3. The van der Waals surface area contributed by atoms with E-state index in [9.17, 15) is 23.3 Å². The molecule has 0 aliphatic rings. The van der Waals surface area contributed by atoms with E-state index in [2.05, 4.69) is 4.98 Å². The molecule has 0 spiro atoms. The summed E-state index contributed by atoms with van der Waals surface area (Å²) in [4.78, 5) is 23.2. The number of nitro groups is 1. The van der Waals surface area contributed by atoms with E-state index in [1.54, 1.807) is 0 Å². The number of rotatable bonds is 4. The first-order chi connectivity index (χ1) is 6.79. The maximum absolute atomic E-state index is 11.3. The first kappa shape index (κ1) is 11.4. The Balaban J connectivity index is 2.88. The minimum Gasteiger partial charge on any atom is -0.353 e. The summed E-state index contributed by atoms with van der Waals surface area (Å²) in [5.74, 6) is -1.35. The molecule has 0 saturated heterocycles. The van der Waals surface area contributed by atoms with Crippen LogP contribution in [0.1, 0.15) is 10.5 Å². The minimum atomic E-state index is -3.42. The van der Waals surface area contributed by atoms with Crippen LogP contribution in [0.4, 0.5) is 5.69 Å². The predicted octanol–water partition coefficient (Wildman–Crippen LogP) is 0.150. The molecule has 0 amide bonds. The molecule has 0 bridgehead atoms. The lowest BCUT2D eigenvalue weighted by molar-refractivity contribution is -0.384. The molecule has 0 unspecified atom stereocenters. The molecule has 1 rings (SSSR count). The fourth-order valence-electron chi connectivity index (χ4n) is 0.965. The Hall–Kier alpha value is -1.70. The largest absolute Gasteiger partial charge is 0.353 e. The number of sulfone groups is 1.